The topological polar surface area (TPSA) is 57.7 Å². The molecule has 3 heterocycles. The number of piperidine rings is 1. The Labute approximate surface area is 224 Å². The summed E-state index contributed by atoms with van der Waals surface area (Å²) in [5, 5.41) is 0. The molecule has 1 spiro atoms. The number of rotatable bonds is 5. The lowest BCUT2D eigenvalue weighted by molar-refractivity contribution is -0.184. The third-order valence-corrected chi connectivity index (χ3v) is 8.92. The van der Waals surface area contributed by atoms with Crippen LogP contribution in [-0.2, 0) is 26.2 Å². The lowest BCUT2D eigenvalue weighted by Gasteiger charge is -2.62. The fraction of sp³-hybridized carbons (Fsp3) is 0.364. The maximum absolute atomic E-state index is 15.2. The molecule has 3 saturated heterocycles. The minimum atomic E-state index is -1.88. The maximum atomic E-state index is 15.2. The summed E-state index contributed by atoms with van der Waals surface area (Å²) in [6.07, 6.45) is 4.68. The molecule has 0 saturated carbocycles. The van der Waals surface area contributed by atoms with Crippen molar-refractivity contribution < 1.29 is 14.4 Å². The minimum Gasteiger partial charge on any atom is -0.321 e. The molecule has 0 bridgehead atoms. The number of carbonyl (C=O) groups excluding carboxylic acids is 3. The number of benzene rings is 3. The van der Waals surface area contributed by atoms with Crippen molar-refractivity contribution in [3.8, 4) is 0 Å². The van der Waals surface area contributed by atoms with Crippen LogP contribution in [0.1, 0.15) is 54.7 Å². The third kappa shape index (κ3) is 3.67. The van der Waals surface area contributed by atoms with E-state index in [9.17, 15) is 9.59 Å². The van der Waals surface area contributed by atoms with E-state index in [0.29, 0.717) is 12.1 Å². The van der Waals surface area contributed by atoms with E-state index in [2.05, 4.69) is 4.90 Å². The first kappa shape index (κ1) is 24.7. The smallest absolute Gasteiger partial charge is 0.249 e. The number of hydrogen-bond donors (Lipinski definition) is 0. The maximum Gasteiger partial charge on any atom is 0.249 e. The average Bonchev–Trinajstić information content (AvgIpc) is 3.17. The number of amides is 1. The highest BCUT2D eigenvalue weighted by atomic mass is 16.2. The summed E-state index contributed by atoms with van der Waals surface area (Å²) in [7, 11) is 0. The van der Waals surface area contributed by atoms with E-state index in [1.54, 1.807) is 12.1 Å². The molecular formula is C33H34N2O3. The van der Waals surface area contributed by atoms with Gasteiger partial charge in [-0.05, 0) is 42.4 Å². The van der Waals surface area contributed by atoms with Crippen molar-refractivity contribution in [2.45, 2.75) is 55.5 Å². The Morgan fingerprint density at radius 1 is 0.737 bits per heavy atom. The van der Waals surface area contributed by atoms with Crippen molar-refractivity contribution in [2.75, 3.05) is 19.6 Å². The molecule has 194 valence electrons. The van der Waals surface area contributed by atoms with Gasteiger partial charge in [0.1, 0.15) is 5.66 Å². The number of ketones is 2. The van der Waals surface area contributed by atoms with E-state index >= 15 is 4.79 Å². The predicted molar refractivity (Wildman–Crippen MR) is 147 cm³/mol. The van der Waals surface area contributed by atoms with Crippen molar-refractivity contribution in [2.24, 2.45) is 0 Å². The van der Waals surface area contributed by atoms with Crippen molar-refractivity contribution in [1.29, 1.82) is 0 Å². The fourth-order valence-electron chi connectivity index (χ4n) is 7.28. The second-order valence-corrected chi connectivity index (χ2v) is 10.9. The van der Waals surface area contributed by atoms with Crippen LogP contribution in [0.5, 0.6) is 0 Å². The zero-order valence-corrected chi connectivity index (χ0v) is 21.7. The Morgan fingerprint density at radius 2 is 1.37 bits per heavy atom. The number of carbonyl (C=O) groups is 3. The molecule has 1 amide bonds. The Morgan fingerprint density at radius 3 is 2.08 bits per heavy atom. The van der Waals surface area contributed by atoms with Crippen LogP contribution >= 0.6 is 0 Å². The second-order valence-electron chi connectivity index (χ2n) is 10.9. The normalized spacial score (nSPS) is 27.8. The Kier molecular flexibility index (Phi) is 6.48. The van der Waals surface area contributed by atoms with Crippen LogP contribution in [0, 0.1) is 0 Å². The van der Waals surface area contributed by atoms with Crippen LogP contribution in [0.25, 0.3) is 0 Å². The molecule has 3 aromatic rings. The van der Waals surface area contributed by atoms with Gasteiger partial charge in [0.05, 0.1) is 5.92 Å². The lowest BCUT2D eigenvalue weighted by Crippen LogP contribution is -2.78. The van der Waals surface area contributed by atoms with Crippen LogP contribution in [-0.4, -0.2) is 52.6 Å². The van der Waals surface area contributed by atoms with Crippen molar-refractivity contribution in [1.82, 2.24) is 9.80 Å². The molecule has 3 aliphatic heterocycles. The van der Waals surface area contributed by atoms with E-state index in [1.165, 1.54) is 0 Å². The van der Waals surface area contributed by atoms with Gasteiger partial charge in [-0.2, -0.15) is 0 Å². The van der Waals surface area contributed by atoms with E-state index in [-0.39, 0.29) is 23.9 Å². The molecular weight excluding hydrogens is 472 g/mol. The number of hydrogen-bond acceptors (Lipinski definition) is 4. The van der Waals surface area contributed by atoms with Crippen LogP contribution < -0.4 is 0 Å². The van der Waals surface area contributed by atoms with E-state index in [0.717, 1.165) is 56.3 Å². The molecule has 3 atom stereocenters. The molecule has 3 unspecified atom stereocenters. The highest BCUT2D eigenvalue weighted by Gasteiger charge is 2.69. The van der Waals surface area contributed by atoms with Gasteiger partial charge in [-0.15, -0.1) is 0 Å². The van der Waals surface area contributed by atoms with Crippen molar-refractivity contribution >= 4 is 17.5 Å². The molecule has 38 heavy (non-hydrogen) atoms. The summed E-state index contributed by atoms with van der Waals surface area (Å²) in [6.45, 7) is 2.27. The largest absolute Gasteiger partial charge is 0.321 e. The molecule has 6 rings (SSSR count). The number of Topliss-reactive ketones (excluding diaryl/α,β-unsaturated/α-hetero) is 2. The molecule has 0 radical (unpaired) electrons. The van der Waals surface area contributed by atoms with Crippen LogP contribution in [0.3, 0.4) is 0 Å². The predicted octanol–water partition coefficient (Wildman–Crippen LogP) is 4.91. The molecule has 0 N–H and O–H groups in total. The van der Waals surface area contributed by atoms with Crippen molar-refractivity contribution in [3.63, 3.8) is 0 Å². The standard InChI is InChI=1S/C33H34N2O3/c36-28(24-25-14-5-1-6-15-25)33(27-18-9-3-10-19-27)30(37)29(26-16-7-2-8-17-26)32-20-11-4-12-21-34(32)22-13-23-35(32)31(33)38/h1-3,5-10,14-19,29H,4,11-13,20-24H2. The third-order valence-electron chi connectivity index (χ3n) is 8.92. The van der Waals surface area contributed by atoms with E-state index in [1.807, 2.05) is 83.8 Å². The van der Waals surface area contributed by atoms with Crippen LogP contribution in [0.4, 0.5) is 0 Å². The molecule has 5 nitrogen and oxygen atoms in total. The van der Waals surface area contributed by atoms with E-state index in [4.69, 9.17) is 0 Å². The summed E-state index contributed by atoms with van der Waals surface area (Å²) in [6, 6.07) is 28.4. The first-order valence-corrected chi connectivity index (χ1v) is 13.9. The average molecular weight is 507 g/mol. The van der Waals surface area contributed by atoms with Gasteiger partial charge < -0.3 is 4.90 Å². The highest BCUT2D eigenvalue weighted by Crippen LogP contribution is 2.53. The highest BCUT2D eigenvalue weighted by molar-refractivity contribution is 6.32. The van der Waals surface area contributed by atoms with Crippen molar-refractivity contribution in [3.05, 3.63) is 108 Å². The van der Waals surface area contributed by atoms with Gasteiger partial charge in [0, 0.05) is 26.1 Å². The summed E-state index contributed by atoms with van der Waals surface area (Å²) in [5.74, 6) is -1.56. The summed E-state index contributed by atoms with van der Waals surface area (Å²) in [4.78, 5) is 49.0. The van der Waals surface area contributed by atoms with Crippen LogP contribution in [0.2, 0.25) is 0 Å². The monoisotopic (exact) mass is 506 g/mol. The van der Waals surface area contributed by atoms with E-state index < -0.39 is 17.0 Å². The molecule has 0 aliphatic carbocycles. The van der Waals surface area contributed by atoms with Gasteiger partial charge in [-0.3, -0.25) is 19.3 Å². The zero-order valence-electron chi connectivity index (χ0n) is 21.7. The summed E-state index contributed by atoms with van der Waals surface area (Å²) in [5.41, 5.74) is -0.443. The van der Waals surface area contributed by atoms with Gasteiger partial charge >= 0.3 is 0 Å². The summed E-state index contributed by atoms with van der Waals surface area (Å²) < 4.78 is 0. The SMILES string of the molecule is O=C(Cc1ccccc1)C1(c2ccccc2)C(=O)C(c2ccccc2)C23CCCCCN2CCCN3C1=O. The minimum absolute atomic E-state index is 0.0271. The molecule has 5 heteroatoms. The first-order chi connectivity index (χ1) is 18.6. The fourth-order valence-corrected chi connectivity index (χ4v) is 7.28. The van der Waals surface area contributed by atoms with Crippen LogP contribution in [0.15, 0.2) is 91.0 Å². The summed E-state index contributed by atoms with van der Waals surface area (Å²) >= 11 is 0. The lowest BCUT2D eigenvalue weighted by atomic mass is 9.59. The molecule has 3 aromatic carbocycles. The Bertz CT molecular complexity index is 1330. The second kappa shape index (κ2) is 9.95. The molecule has 3 fully saturated rings. The van der Waals surface area contributed by atoms with Gasteiger partial charge in [0.25, 0.3) is 0 Å². The number of nitrogens with zero attached hydrogens (tertiary/aromatic N) is 2. The Hall–Kier alpha value is -3.57. The van der Waals surface area contributed by atoms with Gasteiger partial charge in [0.15, 0.2) is 17.0 Å². The van der Waals surface area contributed by atoms with Gasteiger partial charge in [-0.25, -0.2) is 0 Å². The first-order valence-electron chi connectivity index (χ1n) is 13.9. The molecule has 0 aromatic heterocycles. The zero-order chi connectivity index (χ0) is 26.2. The van der Waals surface area contributed by atoms with Gasteiger partial charge in [0.2, 0.25) is 5.91 Å². The Balaban J connectivity index is 1.60. The van der Waals surface area contributed by atoms with Gasteiger partial charge in [-0.1, -0.05) is 97.4 Å². The quantitative estimate of drug-likeness (QED) is 0.462. The molecule has 3 aliphatic rings.